The molecule has 0 aromatic heterocycles. The molecule has 1 N–H and O–H groups in total. The van der Waals surface area contributed by atoms with Gasteiger partial charge in [0.1, 0.15) is 6.04 Å². The van der Waals surface area contributed by atoms with Crippen molar-refractivity contribution in [3.63, 3.8) is 0 Å². The number of hydrogen-bond donors (Lipinski definition) is 1. The van der Waals surface area contributed by atoms with Crippen LogP contribution in [0.15, 0.2) is 18.2 Å². The third-order valence-corrected chi connectivity index (χ3v) is 3.60. The van der Waals surface area contributed by atoms with Crippen LogP contribution < -0.4 is 5.32 Å². The molecule has 19 heavy (non-hydrogen) atoms. The summed E-state index contributed by atoms with van der Waals surface area (Å²) in [5, 5.41) is 4.14. The molecule has 0 saturated heterocycles. The molecule has 2 unspecified atom stereocenters. The van der Waals surface area contributed by atoms with E-state index in [0.717, 1.165) is 12.0 Å². The molecular weight excluding hydrogens is 285 g/mol. The molecule has 0 fully saturated rings. The number of halogens is 2. The Labute approximate surface area is 124 Å². The van der Waals surface area contributed by atoms with E-state index in [-0.39, 0.29) is 12.0 Å². The van der Waals surface area contributed by atoms with Crippen molar-refractivity contribution in [2.24, 2.45) is 0 Å². The lowest BCUT2D eigenvalue weighted by Gasteiger charge is -2.21. The van der Waals surface area contributed by atoms with E-state index in [1.54, 1.807) is 25.1 Å². The second-order valence-corrected chi connectivity index (χ2v) is 5.15. The molecule has 0 aliphatic heterocycles. The van der Waals surface area contributed by atoms with Gasteiger partial charge in [0, 0.05) is 6.04 Å². The number of esters is 1. The fraction of sp³-hybridized carbons (Fsp3) is 0.500. The molecule has 0 bridgehead atoms. The average Bonchev–Trinajstić information content (AvgIpc) is 2.39. The van der Waals surface area contributed by atoms with Crippen LogP contribution in [0.2, 0.25) is 10.0 Å². The predicted molar refractivity (Wildman–Crippen MR) is 78.7 cm³/mol. The largest absolute Gasteiger partial charge is 0.465 e. The maximum atomic E-state index is 12.0. The van der Waals surface area contributed by atoms with Crippen molar-refractivity contribution in [3.8, 4) is 0 Å². The zero-order valence-corrected chi connectivity index (χ0v) is 12.9. The summed E-state index contributed by atoms with van der Waals surface area (Å²) in [6.45, 7) is 6.20. The monoisotopic (exact) mass is 303 g/mol. The van der Waals surface area contributed by atoms with Gasteiger partial charge in [0.25, 0.3) is 0 Å². The number of rotatable bonds is 6. The van der Waals surface area contributed by atoms with E-state index in [1.165, 1.54) is 0 Å². The van der Waals surface area contributed by atoms with Crippen LogP contribution in [-0.4, -0.2) is 18.6 Å². The Morgan fingerprint density at radius 2 is 2.00 bits per heavy atom. The molecule has 5 heteroatoms. The van der Waals surface area contributed by atoms with Crippen LogP contribution in [0.4, 0.5) is 0 Å². The van der Waals surface area contributed by atoms with Gasteiger partial charge in [-0.2, -0.15) is 0 Å². The highest BCUT2D eigenvalue weighted by Crippen LogP contribution is 2.26. The zero-order valence-electron chi connectivity index (χ0n) is 11.4. The Hall–Kier alpha value is -0.770. The SMILES string of the molecule is CCOC(=O)C(NC(C)CC)c1ccc(Cl)c(Cl)c1. The lowest BCUT2D eigenvalue weighted by molar-refractivity contribution is -0.146. The van der Waals surface area contributed by atoms with Gasteiger partial charge in [-0.3, -0.25) is 5.32 Å². The van der Waals surface area contributed by atoms with Gasteiger partial charge < -0.3 is 4.74 Å². The molecule has 0 heterocycles. The summed E-state index contributed by atoms with van der Waals surface area (Å²) in [6.07, 6.45) is 0.914. The third kappa shape index (κ3) is 4.68. The first-order valence-electron chi connectivity index (χ1n) is 6.37. The van der Waals surface area contributed by atoms with Crippen LogP contribution >= 0.6 is 23.2 Å². The second-order valence-electron chi connectivity index (χ2n) is 4.33. The minimum Gasteiger partial charge on any atom is -0.465 e. The second kappa shape index (κ2) is 7.73. The molecule has 106 valence electrons. The molecule has 0 radical (unpaired) electrons. The number of hydrogen-bond acceptors (Lipinski definition) is 3. The molecule has 1 rings (SSSR count). The summed E-state index contributed by atoms with van der Waals surface area (Å²) < 4.78 is 5.10. The first kappa shape index (κ1) is 16.3. The van der Waals surface area contributed by atoms with Crippen molar-refractivity contribution in [2.45, 2.75) is 39.3 Å². The summed E-state index contributed by atoms with van der Waals surface area (Å²) >= 11 is 11.9. The maximum absolute atomic E-state index is 12.0. The van der Waals surface area contributed by atoms with Crippen LogP contribution in [-0.2, 0) is 9.53 Å². The van der Waals surface area contributed by atoms with Gasteiger partial charge >= 0.3 is 5.97 Å². The summed E-state index contributed by atoms with van der Waals surface area (Å²) in [4.78, 5) is 12.0. The first-order chi connectivity index (χ1) is 8.99. The molecule has 3 nitrogen and oxygen atoms in total. The average molecular weight is 304 g/mol. The topological polar surface area (TPSA) is 38.3 Å². The molecule has 0 saturated carbocycles. The number of nitrogens with one attached hydrogen (secondary N) is 1. The third-order valence-electron chi connectivity index (χ3n) is 2.86. The minimum atomic E-state index is -0.523. The van der Waals surface area contributed by atoms with Gasteiger partial charge in [-0.1, -0.05) is 36.2 Å². The standard InChI is InChI=1S/C14H19Cl2NO2/c1-4-9(3)17-13(14(18)19-5-2)10-6-7-11(15)12(16)8-10/h6-9,13,17H,4-5H2,1-3H3. The van der Waals surface area contributed by atoms with E-state index in [9.17, 15) is 4.79 Å². The van der Waals surface area contributed by atoms with Gasteiger partial charge in [0.2, 0.25) is 0 Å². The van der Waals surface area contributed by atoms with Gasteiger partial charge in [-0.25, -0.2) is 4.79 Å². The molecule has 2 atom stereocenters. The van der Waals surface area contributed by atoms with Crippen LogP contribution in [0.25, 0.3) is 0 Å². The molecule has 0 aliphatic rings. The van der Waals surface area contributed by atoms with Crippen molar-refractivity contribution < 1.29 is 9.53 Å². The highest BCUT2D eigenvalue weighted by molar-refractivity contribution is 6.42. The number of carbonyl (C=O) groups is 1. The van der Waals surface area contributed by atoms with Crippen molar-refractivity contribution in [1.29, 1.82) is 0 Å². The molecule has 0 aliphatic carbocycles. The van der Waals surface area contributed by atoms with Gasteiger partial charge in [-0.15, -0.1) is 0 Å². The van der Waals surface area contributed by atoms with E-state index in [2.05, 4.69) is 12.2 Å². The number of benzene rings is 1. The molecule has 0 amide bonds. The van der Waals surface area contributed by atoms with Gasteiger partial charge in [0.05, 0.1) is 16.7 Å². The summed E-state index contributed by atoms with van der Waals surface area (Å²) in [5.74, 6) is -0.304. The first-order valence-corrected chi connectivity index (χ1v) is 7.12. The molecule has 1 aromatic rings. The quantitative estimate of drug-likeness (QED) is 0.808. The smallest absolute Gasteiger partial charge is 0.327 e. The molecule has 0 spiro atoms. The van der Waals surface area contributed by atoms with E-state index in [0.29, 0.717) is 16.7 Å². The summed E-state index contributed by atoms with van der Waals surface area (Å²) in [7, 11) is 0. The van der Waals surface area contributed by atoms with E-state index >= 15 is 0 Å². The van der Waals surface area contributed by atoms with Gasteiger partial charge in [0.15, 0.2) is 0 Å². The zero-order chi connectivity index (χ0) is 14.4. The van der Waals surface area contributed by atoms with E-state index in [1.807, 2.05) is 6.92 Å². The fourth-order valence-electron chi connectivity index (χ4n) is 1.62. The van der Waals surface area contributed by atoms with Crippen molar-refractivity contribution in [1.82, 2.24) is 5.32 Å². The lowest BCUT2D eigenvalue weighted by atomic mass is 10.1. The highest BCUT2D eigenvalue weighted by atomic mass is 35.5. The highest BCUT2D eigenvalue weighted by Gasteiger charge is 2.23. The van der Waals surface area contributed by atoms with Crippen LogP contribution in [0.3, 0.4) is 0 Å². The lowest BCUT2D eigenvalue weighted by Crippen LogP contribution is -2.36. The van der Waals surface area contributed by atoms with Crippen LogP contribution in [0.5, 0.6) is 0 Å². The van der Waals surface area contributed by atoms with Gasteiger partial charge in [-0.05, 0) is 38.0 Å². The van der Waals surface area contributed by atoms with Crippen LogP contribution in [0.1, 0.15) is 38.8 Å². The Morgan fingerprint density at radius 3 is 2.53 bits per heavy atom. The van der Waals surface area contributed by atoms with Crippen molar-refractivity contribution in [2.75, 3.05) is 6.61 Å². The van der Waals surface area contributed by atoms with Crippen molar-refractivity contribution in [3.05, 3.63) is 33.8 Å². The minimum absolute atomic E-state index is 0.198. The Bertz CT molecular complexity index is 437. The predicted octanol–water partition coefficient (Wildman–Crippen LogP) is 3.99. The Morgan fingerprint density at radius 1 is 1.32 bits per heavy atom. The molecular formula is C14H19Cl2NO2. The van der Waals surface area contributed by atoms with E-state index < -0.39 is 6.04 Å². The Kier molecular flexibility index (Phi) is 6.63. The summed E-state index contributed by atoms with van der Waals surface area (Å²) in [6, 6.07) is 4.84. The van der Waals surface area contributed by atoms with Crippen molar-refractivity contribution >= 4 is 29.2 Å². The number of ether oxygens (including phenoxy) is 1. The number of carbonyl (C=O) groups excluding carboxylic acids is 1. The van der Waals surface area contributed by atoms with E-state index in [4.69, 9.17) is 27.9 Å². The normalized spacial score (nSPS) is 13.9. The summed E-state index contributed by atoms with van der Waals surface area (Å²) in [5.41, 5.74) is 0.758. The maximum Gasteiger partial charge on any atom is 0.327 e. The molecule has 1 aromatic carbocycles. The Balaban J connectivity index is 3.00. The fourth-order valence-corrected chi connectivity index (χ4v) is 1.93. The van der Waals surface area contributed by atoms with Crippen LogP contribution in [0, 0.1) is 0 Å².